The van der Waals surface area contributed by atoms with Gasteiger partial charge in [-0.3, -0.25) is 9.89 Å². The molecule has 0 spiro atoms. The summed E-state index contributed by atoms with van der Waals surface area (Å²) in [6.45, 7) is 1.76. The van der Waals surface area contributed by atoms with Crippen LogP contribution in [0.4, 0.5) is 5.69 Å². The van der Waals surface area contributed by atoms with Crippen LogP contribution in [0, 0.1) is 11.3 Å². The number of hydrogen-bond donors (Lipinski definition) is 3. The predicted molar refractivity (Wildman–Crippen MR) is 87.7 cm³/mol. The van der Waals surface area contributed by atoms with Crippen LogP contribution in [0.1, 0.15) is 25.7 Å². The summed E-state index contributed by atoms with van der Waals surface area (Å²) < 4.78 is 0. The van der Waals surface area contributed by atoms with Crippen molar-refractivity contribution in [3.8, 4) is 11.4 Å². The van der Waals surface area contributed by atoms with E-state index in [2.05, 4.69) is 25.8 Å². The van der Waals surface area contributed by atoms with Gasteiger partial charge in [-0.15, -0.1) is 0 Å². The van der Waals surface area contributed by atoms with Gasteiger partial charge in [0.05, 0.1) is 5.41 Å². The van der Waals surface area contributed by atoms with Crippen molar-refractivity contribution in [1.29, 1.82) is 0 Å². The fraction of sp³-hybridized carbons (Fsp3) is 0.471. The van der Waals surface area contributed by atoms with Crippen LogP contribution in [0.5, 0.6) is 0 Å². The van der Waals surface area contributed by atoms with Gasteiger partial charge in [-0.1, -0.05) is 25.0 Å². The van der Waals surface area contributed by atoms with Crippen molar-refractivity contribution < 1.29 is 4.79 Å². The van der Waals surface area contributed by atoms with Gasteiger partial charge in [-0.25, -0.2) is 4.98 Å². The zero-order chi connectivity index (χ0) is 15.7. The largest absolute Gasteiger partial charge is 0.326 e. The minimum absolute atomic E-state index is 0.155. The Bertz CT molecular complexity index is 699. The number of fused-ring (bicyclic) bond motifs is 1. The average Bonchev–Trinajstić information content (AvgIpc) is 3.25. The van der Waals surface area contributed by atoms with E-state index < -0.39 is 0 Å². The molecule has 2 atom stereocenters. The number of aromatic amines is 1. The second kappa shape index (κ2) is 5.77. The standard InChI is InChI=1S/C17H21N5O/c23-16(17-7-2-1-5-13(17)9-18-10-17)21-14-6-3-4-12(8-14)15-19-11-20-22-15/h3-4,6,8,11,13,18H,1-2,5,7,9-10H2,(H,21,23)(H,19,20,22)/t13-,17+/m0/s1. The number of anilines is 1. The molecule has 1 saturated carbocycles. The van der Waals surface area contributed by atoms with E-state index in [1.54, 1.807) is 0 Å². The summed E-state index contributed by atoms with van der Waals surface area (Å²) in [5.74, 6) is 1.33. The third kappa shape index (κ3) is 2.53. The van der Waals surface area contributed by atoms with Crippen LogP contribution in [0.15, 0.2) is 30.6 Å². The molecule has 2 aromatic rings. The summed E-state index contributed by atoms with van der Waals surface area (Å²) in [5.41, 5.74) is 1.50. The molecule has 4 rings (SSSR count). The van der Waals surface area contributed by atoms with Gasteiger partial charge < -0.3 is 10.6 Å². The van der Waals surface area contributed by atoms with Gasteiger partial charge >= 0.3 is 0 Å². The topological polar surface area (TPSA) is 82.7 Å². The van der Waals surface area contributed by atoms with Crippen molar-refractivity contribution in [2.24, 2.45) is 11.3 Å². The van der Waals surface area contributed by atoms with Gasteiger partial charge in [0.15, 0.2) is 5.82 Å². The fourth-order valence-electron chi connectivity index (χ4n) is 4.03. The monoisotopic (exact) mass is 311 g/mol. The van der Waals surface area contributed by atoms with Crippen molar-refractivity contribution in [1.82, 2.24) is 20.5 Å². The maximum Gasteiger partial charge on any atom is 0.232 e. The summed E-state index contributed by atoms with van der Waals surface area (Å²) in [6, 6.07) is 7.75. The highest BCUT2D eigenvalue weighted by Crippen LogP contribution is 2.44. The van der Waals surface area contributed by atoms with Crippen LogP contribution in [-0.2, 0) is 4.79 Å². The zero-order valence-corrected chi connectivity index (χ0v) is 13.0. The van der Waals surface area contributed by atoms with Gasteiger partial charge in [0.1, 0.15) is 6.33 Å². The normalized spacial score (nSPS) is 26.7. The molecule has 3 N–H and O–H groups in total. The van der Waals surface area contributed by atoms with E-state index in [0.717, 1.165) is 43.6 Å². The van der Waals surface area contributed by atoms with E-state index in [0.29, 0.717) is 11.7 Å². The smallest absolute Gasteiger partial charge is 0.232 e. The number of carbonyl (C=O) groups excluding carboxylic acids is 1. The molecule has 1 aliphatic carbocycles. The quantitative estimate of drug-likeness (QED) is 0.811. The Morgan fingerprint density at radius 1 is 1.35 bits per heavy atom. The molecule has 0 bridgehead atoms. The Labute approximate surface area is 135 Å². The predicted octanol–water partition coefficient (Wildman–Crippen LogP) is 2.19. The molecule has 23 heavy (non-hydrogen) atoms. The number of carbonyl (C=O) groups is 1. The molecule has 1 aliphatic heterocycles. The highest BCUT2D eigenvalue weighted by molar-refractivity contribution is 5.96. The number of amides is 1. The number of nitrogens with zero attached hydrogens (tertiary/aromatic N) is 2. The van der Waals surface area contributed by atoms with Crippen LogP contribution < -0.4 is 10.6 Å². The molecular formula is C17H21N5O. The Kier molecular flexibility index (Phi) is 3.61. The molecule has 1 amide bonds. The van der Waals surface area contributed by atoms with Crippen molar-refractivity contribution in [3.63, 3.8) is 0 Å². The fourth-order valence-corrected chi connectivity index (χ4v) is 4.03. The number of hydrogen-bond acceptors (Lipinski definition) is 4. The third-order valence-corrected chi connectivity index (χ3v) is 5.30. The maximum atomic E-state index is 13.0. The number of benzene rings is 1. The van der Waals surface area contributed by atoms with Gasteiger partial charge in [-0.05, 0) is 37.4 Å². The average molecular weight is 311 g/mol. The number of rotatable bonds is 3. The number of aromatic nitrogens is 3. The lowest BCUT2D eigenvalue weighted by atomic mass is 9.67. The number of H-pyrrole nitrogens is 1. The third-order valence-electron chi connectivity index (χ3n) is 5.30. The minimum atomic E-state index is -0.236. The van der Waals surface area contributed by atoms with Crippen LogP contribution in [0.2, 0.25) is 0 Å². The molecule has 2 heterocycles. The molecule has 0 unspecified atom stereocenters. The Morgan fingerprint density at radius 2 is 2.30 bits per heavy atom. The lowest BCUT2D eigenvalue weighted by Gasteiger charge is -2.37. The van der Waals surface area contributed by atoms with Crippen molar-refractivity contribution in [2.45, 2.75) is 25.7 Å². The first kappa shape index (κ1) is 14.4. The van der Waals surface area contributed by atoms with Gasteiger partial charge in [0.25, 0.3) is 0 Å². The maximum absolute atomic E-state index is 13.0. The molecular weight excluding hydrogens is 290 g/mol. The second-order valence-corrected chi connectivity index (χ2v) is 6.60. The van der Waals surface area contributed by atoms with Gasteiger partial charge in [0, 0.05) is 17.8 Å². The van der Waals surface area contributed by atoms with Gasteiger partial charge in [-0.2, -0.15) is 5.10 Å². The lowest BCUT2D eigenvalue weighted by molar-refractivity contribution is -0.128. The van der Waals surface area contributed by atoms with E-state index in [9.17, 15) is 4.79 Å². The van der Waals surface area contributed by atoms with E-state index in [4.69, 9.17) is 0 Å². The summed E-state index contributed by atoms with van der Waals surface area (Å²) in [5, 5.41) is 13.3. The summed E-state index contributed by atoms with van der Waals surface area (Å²) in [7, 11) is 0. The van der Waals surface area contributed by atoms with Crippen LogP contribution in [-0.4, -0.2) is 34.2 Å². The van der Waals surface area contributed by atoms with Crippen molar-refractivity contribution in [3.05, 3.63) is 30.6 Å². The lowest BCUT2D eigenvalue weighted by Crippen LogP contribution is -2.44. The Balaban J connectivity index is 1.56. The molecule has 2 aliphatic rings. The van der Waals surface area contributed by atoms with Gasteiger partial charge in [0.2, 0.25) is 5.91 Å². The molecule has 6 heteroatoms. The van der Waals surface area contributed by atoms with E-state index in [-0.39, 0.29) is 11.3 Å². The summed E-state index contributed by atoms with van der Waals surface area (Å²) >= 11 is 0. The molecule has 6 nitrogen and oxygen atoms in total. The summed E-state index contributed by atoms with van der Waals surface area (Å²) in [4.78, 5) is 17.1. The van der Waals surface area contributed by atoms with E-state index in [1.807, 2.05) is 24.3 Å². The molecule has 120 valence electrons. The van der Waals surface area contributed by atoms with E-state index in [1.165, 1.54) is 12.7 Å². The Morgan fingerprint density at radius 3 is 3.17 bits per heavy atom. The first-order valence-corrected chi connectivity index (χ1v) is 8.26. The van der Waals surface area contributed by atoms with Crippen LogP contribution in [0.25, 0.3) is 11.4 Å². The summed E-state index contributed by atoms with van der Waals surface area (Å²) in [6.07, 6.45) is 6.00. The van der Waals surface area contributed by atoms with Crippen molar-refractivity contribution >= 4 is 11.6 Å². The highest BCUT2D eigenvalue weighted by Gasteiger charge is 2.49. The number of nitrogens with one attached hydrogen (secondary N) is 3. The zero-order valence-electron chi connectivity index (χ0n) is 13.0. The first-order chi connectivity index (χ1) is 11.3. The molecule has 0 radical (unpaired) electrons. The second-order valence-electron chi connectivity index (χ2n) is 6.60. The molecule has 1 aromatic carbocycles. The highest BCUT2D eigenvalue weighted by atomic mass is 16.2. The van der Waals surface area contributed by atoms with Crippen LogP contribution in [0.3, 0.4) is 0 Å². The molecule has 1 saturated heterocycles. The minimum Gasteiger partial charge on any atom is -0.326 e. The molecule has 2 fully saturated rings. The molecule has 1 aromatic heterocycles. The Hall–Kier alpha value is -2.21. The van der Waals surface area contributed by atoms with Crippen LogP contribution >= 0.6 is 0 Å². The first-order valence-electron chi connectivity index (χ1n) is 8.26. The SMILES string of the molecule is O=C(Nc1cccc(-c2ncn[nH]2)c1)[C@@]12CCCC[C@H]1CNC2. The van der Waals surface area contributed by atoms with E-state index >= 15 is 0 Å². The van der Waals surface area contributed by atoms with Crippen molar-refractivity contribution in [2.75, 3.05) is 18.4 Å².